The number of aliphatic hydroxyl groups is 1. The topological polar surface area (TPSA) is 106 Å². The number of imidazole rings is 1. The fourth-order valence-electron chi connectivity index (χ4n) is 3.86. The van der Waals surface area contributed by atoms with Gasteiger partial charge in [0.25, 0.3) is 0 Å². The lowest BCUT2D eigenvalue weighted by Crippen LogP contribution is -2.44. The number of piperidine rings is 1. The second-order valence-electron chi connectivity index (χ2n) is 6.90. The Balaban J connectivity index is 1.61. The van der Waals surface area contributed by atoms with E-state index in [9.17, 15) is 18.3 Å². The lowest BCUT2D eigenvalue weighted by atomic mass is 9.82. The summed E-state index contributed by atoms with van der Waals surface area (Å²) in [4.78, 5) is 16.7. The summed E-state index contributed by atoms with van der Waals surface area (Å²) in [6.07, 6.45) is 0.650. The minimum absolute atomic E-state index is 0.0737. The van der Waals surface area contributed by atoms with Crippen LogP contribution in [0.2, 0.25) is 0 Å². The number of hydrogen-bond acceptors (Lipinski definition) is 4. The maximum Gasteiger partial charge on any atom is 0.323 e. The highest BCUT2D eigenvalue weighted by atomic mass is 32.2. The number of H-pyrrole nitrogens is 2. The lowest BCUT2D eigenvalue weighted by Gasteiger charge is -2.37. The van der Waals surface area contributed by atoms with Gasteiger partial charge >= 0.3 is 5.69 Å². The Kier molecular flexibility index (Phi) is 4.63. The van der Waals surface area contributed by atoms with Crippen LogP contribution in [-0.2, 0) is 10.0 Å². The number of nitrogens with zero attached hydrogens (tertiary/aromatic N) is 1. The minimum atomic E-state index is -3.71. The van der Waals surface area contributed by atoms with Gasteiger partial charge in [0.1, 0.15) is 0 Å². The molecule has 3 N–H and O–H groups in total. The molecule has 8 heteroatoms. The molecule has 7 nitrogen and oxygen atoms in total. The summed E-state index contributed by atoms with van der Waals surface area (Å²) in [5.41, 5.74) is 1.78. The van der Waals surface area contributed by atoms with Crippen LogP contribution in [0.3, 0.4) is 0 Å². The molecule has 0 bridgehead atoms. The average molecular weight is 387 g/mol. The lowest BCUT2D eigenvalue weighted by molar-refractivity contribution is 0.144. The highest BCUT2D eigenvalue weighted by Gasteiger charge is 2.36. The molecule has 1 fully saturated rings. The Bertz CT molecular complexity index is 1100. The van der Waals surface area contributed by atoms with Gasteiger partial charge in [0.15, 0.2) is 0 Å². The molecule has 142 valence electrons. The first-order chi connectivity index (χ1) is 13.0. The number of fused-ring (bicyclic) bond motifs is 1. The van der Waals surface area contributed by atoms with E-state index in [0.717, 1.165) is 5.56 Å². The number of nitrogens with one attached hydrogen (secondary N) is 2. The zero-order valence-corrected chi connectivity index (χ0v) is 15.4. The van der Waals surface area contributed by atoms with E-state index < -0.39 is 10.0 Å². The summed E-state index contributed by atoms with van der Waals surface area (Å²) < 4.78 is 27.6. The number of hydrogen-bond donors (Lipinski definition) is 3. The smallest absolute Gasteiger partial charge is 0.323 e. The molecule has 1 aliphatic heterocycles. The molecule has 3 aromatic rings. The van der Waals surface area contributed by atoms with Crippen LogP contribution in [0.25, 0.3) is 11.0 Å². The van der Waals surface area contributed by atoms with Crippen LogP contribution in [0.4, 0.5) is 0 Å². The molecule has 0 spiro atoms. The van der Waals surface area contributed by atoms with Gasteiger partial charge in [0, 0.05) is 25.6 Å². The second-order valence-corrected chi connectivity index (χ2v) is 8.84. The van der Waals surface area contributed by atoms with Crippen molar-refractivity contribution in [3.63, 3.8) is 0 Å². The van der Waals surface area contributed by atoms with Crippen LogP contribution in [-0.4, -0.2) is 47.5 Å². The van der Waals surface area contributed by atoms with E-state index in [0.29, 0.717) is 24.0 Å². The Hall–Kier alpha value is -2.42. The summed E-state index contributed by atoms with van der Waals surface area (Å²) >= 11 is 0. The normalized spacial score (nSPS) is 21.5. The van der Waals surface area contributed by atoms with Crippen LogP contribution in [0.5, 0.6) is 0 Å². The number of sulfonamides is 1. The number of aromatic amines is 2. The van der Waals surface area contributed by atoms with Crippen LogP contribution in [0.15, 0.2) is 58.2 Å². The monoisotopic (exact) mass is 387 g/mol. The van der Waals surface area contributed by atoms with E-state index in [1.165, 1.54) is 16.4 Å². The van der Waals surface area contributed by atoms with Gasteiger partial charge in [-0.1, -0.05) is 30.3 Å². The molecule has 2 heterocycles. The standard InChI is InChI=1S/C19H21N3O4S/c23-12-14-11-22(9-8-16(14)13-4-2-1-3-5-13)27(25,26)15-6-7-17-18(10-15)21-19(24)20-17/h1-7,10,14,16,23H,8-9,11-12H2,(H2,20,21,24)/t14-,16+/m1/s1. The molecule has 0 amide bonds. The Morgan fingerprint density at radius 2 is 1.81 bits per heavy atom. The summed E-state index contributed by atoms with van der Waals surface area (Å²) in [6.45, 7) is 0.579. The first-order valence-electron chi connectivity index (χ1n) is 8.87. The van der Waals surface area contributed by atoms with Gasteiger partial charge in [0.05, 0.1) is 15.9 Å². The summed E-state index contributed by atoms with van der Waals surface area (Å²) in [7, 11) is -3.71. The minimum Gasteiger partial charge on any atom is -0.396 e. The molecule has 0 radical (unpaired) electrons. The van der Waals surface area contributed by atoms with Crippen LogP contribution in [0, 0.1) is 5.92 Å². The number of rotatable bonds is 4. The van der Waals surface area contributed by atoms with E-state index in [1.807, 2.05) is 30.3 Å². The van der Waals surface area contributed by atoms with Crippen molar-refractivity contribution in [2.24, 2.45) is 5.92 Å². The Morgan fingerprint density at radius 3 is 2.56 bits per heavy atom. The largest absolute Gasteiger partial charge is 0.396 e. The molecule has 1 aromatic heterocycles. The molecule has 2 aromatic carbocycles. The summed E-state index contributed by atoms with van der Waals surface area (Å²) in [5, 5.41) is 9.86. The molecule has 0 unspecified atom stereocenters. The summed E-state index contributed by atoms with van der Waals surface area (Å²) in [5.74, 6) is -0.0297. The third kappa shape index (κ3) is 3.31. The molecule has 1 aliphatic rings. The fraction of sp³-hybridized carbons (Fsp3) is 0.316. The van der Waals surface area contributed by atoms with Crippen molar-refractivity contribution in [1.82, 2.24) is 14.3 Å². The van der Waals surface area contributed by atoms with Crippen molar-refractivity contribution >= 4 is 21.1 Å². The Morgan fingerprint density at radius 1 is 1.07 bits per heavy atom. The maximum absolute atomic E-state index is 13.1. The molecule has 0 saturated carbocycles. The highest BCUT2D eigenvalue weighted by Crippen LogP contribution is 2.35. The SMILES string of the molecule is O=c1[nH]c2ccc(S(=O)(=O)N3CC[C@@H](c4ccccc4)[C@@H](CO)C3)cc2[nH]1. The number of aromatic nitrogens is 2. The van der Waals surface area contributed by atoms with E-state index in [4.69, 9.17) is 0 Å². The molecule has 0 aliphatic carbocycles. The van der Waals surface area contributed by atoms with E-state index >= 15 is 0 Å². The van der Waals surface area contributed by atoms with Crippen LogP contribution in [0.1, 0.15) is 17.9 Å². The highest BCUT2D eigenvalue weighted by molar-refractivity contribution is 7.89. The third-order valence-corrected chi connectivity index (χ3v) is 7.15. The predicted molar refractivity (Wildman–Crippen MR) is 102 cm³/mol. The van der Waals surface area contributed by atoms with Crippen molar-refractivity contribution in [3.05, 3.63) is 64.6 Å². The van der Waals surface area contributed by atoms with Gasteiger partial charge in [-0.3, -0.25) is 0 Å². The van der Waals surface area contributed by atoms with Crippen molar-refractivity contribution in [1.29, 1.82) is 0 Å². The van der Waals surface area contributed by atoms with Gasteiger partial charge in [0.2, 0.25) is 10.0 Å². The van der Waals surface area contributed by atoms with Crippen molar-refractivity contribution in [2.75, 3.05) is 19.7 Å². The van der Waals surface area contributed by atoms with E-state index in [-0.39, 0.29) is 35.6 Å². The fourth-order valence-corrected chi connectivity index (χ4v) is 5.40. The van der Waals surface area contributed by atoms with Gasteiger partial charge < -0.3 is 15.1 Å². The predicted octanol–water partition coefficient (Wildman–Crippen LogP) is 1.64. The Labute approximate surface area is 156 Å². The van der Waals surface area contributed by atoms with Gasteiger partial charge in [-0.25, -0.2) is 13.2 Å². The summed E-state index contributed by atoms with van der Waals surface area (Å²) in [6, 6.07) is 14.5. The maximum atomic E-state index is 13.1. The quantitative estimate of drug-likeness (QED) is 0.633. The second kappa shape index (κ2) is 6.95. The van der Waals surface area contributed by atoms with Crippen molar-refractivity contribution < 1.29 is 13.5 Å². The van der Waals surface area contributed by atoms with Crippen molar-refractivity contribution in [3.8, 4) is 0 Å². The van der Waals surface area contributed by atoms with Gasteiger partial charge in [-0.15, -0.1) is 0 Å². The number of aliphatic hydroxyl groups excluding tert-OH is 1. The zero-order valence-electron chi connectivity index (χ0n) is 14.6. The van der Waals surface area contributed by atoms with E-state index in [2.05, 4.69) is 9.97 Å². The molecular formula is C19H21N3O4S. The first kappa shape index (κ1) is 18.0. The molecular weight excluding hydrogens is 366 g/mol. The molecule has 4 rings (SSSR count). The van der Waals surface area contributed by atoms with Crippen LogP contribution < -0.4 is 5.69 Å². The van der Waals surface area contributed by atoms with E-state index in [1.54, 1.807) is 6.07 Å². The first-order valence-corrected chi connectivity index (χ1v) is 10.3. The average Bonchev–Trinajstić information content (AvgIpc) is 3.07. The van der Waals surface area contributed by atoms with Gasteiger partial charge in [-0.05, 0) is 36.1 Å². The third-order valence-electron chi connectivity index (χ3n) is 5.28. The van der Waals surface area contributed by atoms with Gasteiger partial charge in [-0.2, -0.15) is 4.31 Å². The molecule has 27 heavy (non-hydrogen) atoms. The van der Waals surface area contributed by atoms with Crippen LogP contribution >= 0.6 is 0 Å². The van der Waals surface area contributed by atoms with Crippen molar-refractivity contribution in [2.45, 2.75) is 17.2 Å². The zero-order chi connectivity index (χ0) is 19.0. The molecule has 2 atom stereocenters. The molecule has 1 saturated heterocycles. The number of benzene rings is 2.